The number of aryl methyl sites for hydroxylation is 1. The van der Waals surface area contributed by atoms with E-state index in [1.165, 1.54) is 31.2 Å². The number of hydrogen-bond donors (Lipinski definition) is 2. The molecule has 3 aromatic carbocycles. The summed E-state index contributed by atoms with van der Waals surface area (Å²) in [6.07, 6.45) is -10.5. The Labute approximate surface area is 238 Å². The first-order chi connectivity index (χ1) is 19.1. The first-order valence-corrected chi connectivity index (χ1v) is 12.2. The summed E-state index contributed by atoms with van der Waals surface area (Å²) in [7, 11) is 0. The van der Waals surface area contributed by atoms with Crippen LogP contribution in [0, 0.1) is 6.92 Å². The number of hydrogen-bond acceptors (Lipinski definition) is 5. The predicted octanol–water partition coefficient (Wildman–Crippen LogP) is 6.86. The SMILES string of the molecule is Cc1cc(C2=NOC(c3cc(Cl)cc(Cl)c3)(C(F)(F)F)C2)ccc1C(=O)NNC(=O)c1ccc(OC(F)(F)F)cc1. The molecule has 3 aromatic rings. The molecule has 1 atom stereocenters. The Morgan fingerprint density at radius 3 is 2.07 bits per heavy atom. The van der Waals surface area contributed by atoms with Crippen molar-refractivity contribution in [2.24, 2.45) is 5.16 Å². The molecule has 1 heterocycles. The summed E-state index contributed by atoms with van der Waals surface area (Å²) in [6.45, 7) is 1.52. The van der Waals surface area contributed by atoms with Crippen molar-refractivity contribution in [3.05, 3.63) is 98.5 Å². The van der Waals surface area contributed by atoms with Gasteiger partial charge in [0.15, 0.2) is 0 Å². The fourth-order valence-electron chi connectivity index (χ4n) is 4.00. The van der Waals surface area contributed by atoms with Crippen LogP contribution in [0.2, 0.25) is 10.0 Å². The van der Waals surface area contributed by atoms with Crippen LogP contribution in [0.4, 0.5) is 26.3 Å². The Balaban J connectivity index is 1.45. The van der Waals surface area contributed by atoms with Gasteiger partial charge in [-0.3, -0.25) is 20.4 Å². The van der Waals surface area contributed by atoms with Crippen LogP contribution in [0.15, 0.2) is 65.8 Å². The Morgan fingerprint density at radius 1 is 0.902 bits per heavy atom. The standard InChI is InChI=1S/C26H17Cl2F6N3O4/c1-13-8-15(21-12-24(41-37-21,25(29,30)31)16-9-17(27)11-18(28)10-16)4-7-20(13)23(39)36-35-22(38)14-2-5-19(6-3-14)40-26(32,33)34/h2-11H,12H2,1H3,(H,35,38)(H,36,39). The lowest BCUT2D eigenvalue weighted by atomic mass is 9.86. The lowest BCUT2D eigenvalue weighted by Gasteiger charge is -2.29. The number of carbonyl (C=O) groups excluding carboxylic acids is 2. The van der Waals surface area contributed by atoms with E-state index in [2.05, 4.69) is 20.7 Å². The molecule has 0 radical (unpaired) electrons. The van der Waals surface area contributed by atoms with Gasteiger partial charge in [0.2, 0.25) is 0 Å². The second-order valence-corrected chi connectivity index (χ2v) is 9.67. The minimum absolute atomic E-state index is 0.0149. The molecule has 41 heavy (non-hydrogen) atoms. The Hall–Kier alpha value is -3.97. The van der Waals surface area contributed by atoms with E-state index in [9.17, 15) is 35.9 Å². The molecule has 0 saturated carbocycles. The molecule has 2 N–H and O–H groups in total. The number of halogens is 8. The first-order valence-electron chi connectivity index (χ1n) is 11.4. The summed E-state index contributed by atoms with van der Waals surface area (Å²) in [4.78, 5) is 29.9. The summed E-state index contributed by atoms with van der Waals surface area (Å²) in [5, 5.41) is 3.65. The van der Waals surface area contributed by atoms with Crippen LogP contribution >= 0.6 is 23.2 Å². The first kappa shape index (κ1) is 30.0. The van der Waals surface area contributed by atoms with Crippen LogP contribution in [0.25, 0.3) is 0 Å². The third kappa shape index (κ3) is 6.68. The number of hydrazine groups is 1. The summed E-state index contributed by atoms with van der Waals surface area (Å²) in [5.74, 6) is -2.12. The molecule has 7 nitrogen and oxygen atoms in total. The van der Waals surface area contributed by atoms with Crippen LogP contribution < -0.4 is 15.6 Å². The molecule has 0 bridgehead atoms. The van der Waals surface area contributed by atoms with Gasteiger partial charge in [-0.2, -0.15) is 13.2 Å². The van der Waals surface area contributed by atoms with Crippen molar-refractivity contribution in [2.45, 2.75) is 31.5 Å². The molecule has 1 unspecified atom stereocenters. The number of alkyl halides is 6. The number of ether oxygens (including phenoxy) is 1. The molecule has 0 spiro atoms. The van der Waals surface area contributed by atoms with Gasteiger partial charge in [-0.15, -0.1) is 13.2 Å². The monoisotopic (exact) mass is 619 g/mol. The average Bonchev–Trinajstić information content (AvgIpc) is 3.33. The maximum absolute atomic E-state index is 14.2. The minimum atomic E-state index is -4.89. The van der Waals surface area contributed by atoms with Crippen molar-refractivity contribution in [1.29, 1.82) is 0 Å². The smallest absolute Gasteiger partial charge is 0.406 e. The molecule has 4 rings (SSSR count). The molecular formula is C26H17Cl2F6N3O4. The van der Waals surface area contributed by atoms with Gasteiger partial charge in [-0.05, 0) is 72.6 Å². The molecule has 1 aliphatic heterocycles. The van der Waals surface area contributed by atoms with Crippen LogP contribution in [0.3, 0.4) is 0 Å². The summed E-state index contributed by atoms with van der Waals surface area (Å²) < 4.78 is 83.3. The Kier molecular flexibility index (Phi) is 8.14. The molecule has 1 aliphatic rings. The van der Waals surface area contributed by atoms with Gasteiger partial charge in [-0.1, -0.05) is 34.4 Å². The van der Waals surface area contributed by atoms with E-state index in [0.29, 0.717) is 5.56 Å². The fourth-order valence-corrected chi connectivity index (χ4v) is 4.53. The van der Waals surface area contributed by atoms with Gasteiger partial charge in [0.1, 0.15) is 5.75 Å². The molecule has 15 heteroatoms. The molecule has 0 fully saturated rings. The van der Waals surface area contributed by atoms with Crippen LogP contribution in [0.1, 0.15) is 43.8 Å². The lowest BCUT2D eigenvalue weighted by molar-refractivity contribution is -0.276. The minimum Gasteiger partial charge on any atom is -0.406 e. The maximum atomic E-state index is 14.2. The zero-order valence-electron chi connectivity index (χ0n) is 20.6. The van der Waals surface area contributed by atoms with Crippen LogP contribution in [-0.4, -0.2) is 30.1 Å². The number of carbonyl (C=O) groups is 2. The van der Waals surface area contributed by atoms with Crippen molar-refractivity contribution >= 4 is 40.7 Å². The molecule has 0 aliphatic carbocycles. The van der Waals surface area contributed by atoms with E-state index in [1.54, 1.807) is 0 Å². The topological polar surface area (TPSA) is 89.0 Å². The quantitative estimate of drug-likeness (QED) is 0.241. The third-order valence-electron chi connectivity index (χ3n) is 5.96. The highest BCUT2D eigenvalue weighted by molar-refractivity contribution is 6.34. The van der Waals surface area contributed by atoms with Crippen molar-refractivity contribution in [3.63, 3.8) is 0 Å². The van der Waals surface area contributed by atoms with Gasteiger partial charge in [0.05, 0.1) is 5.71 Å². The molecule has 216 valence electrons. The normalized spacial score (nSPS) is 17.0. The summed E-state index contributed by atoms with van der Waals surface area (Å²) in [5.41, 5.74) is 1.68. The summed E-state index contributed by atoms with van der Waals surface area (Å²) >= 11 is 11.8. The summed E-state index contributed by atoms with van der Waals surface area (Å²) in [6, 6.07) is 11.6. The number of nitrogens with zero attached hydrogens (tertiary/aromatic N) is 1. The highest BCUT2D eigenvalue weighted by atomic mass is 35.5. The van der Waals surface area contributed by atoms with Crippen molar-refractivity contribution in [2.75, 3.05) is 0 Å². The number of oxime groups is 1. The van der Waals surface area contributed by atoms with Crippen molar-refractivity contribution < 1.29 is 45.5 Å². The maximum Gasteiger partial charge on any atom is 0.573 e. The van der Waals surface area contributed by atoms with E-state index in [1.807, 2.05) is 0 Å². The number of rotatable bonds is 5. The van der Waals surface area contributed by atoms with Gasteiger partial charge in [0.25, 0.3) is 17.4 Å². The third-order valence-corrected chi connectivity index (χ3v) is 6.40. The van der Waals surface area contributed by atoms with Crippen LogP contribution in [0.5, 0.6) is 5.75 Å². The second-order valence-electron chi connectivity index (χ2n) is 8.80. The van der Waals surface area contributed by atoms with Gasteiger partial charge < -0.3 is 9.57 Å². The van der Waals surface area contributed by atoms with Gasteiger partial charge in [0, 0.05) is 33.2 Å². The molecular weight excluding hydrogens is 603 g/mol. The molecule has 2 amide bonds. The second kappa shape index (κ2) is 11.1. The molecule has 0 aromatic heterocycles. The van der Waals surface area contributed by atoms with E-state index < -0.39 is 42.1 Å². The zero-order chi connectivity index (χ0) is 30.2. The highest BCUT2D eigenvalue weighted by Crippen LogP contribution is 2.49. The lowest BCUT2D eigenvalue weighted by Crippen LogP contribution is -2.42. The Bertz CT molecular complexity index is 1510. The van der Waals surface area contributed by atoms with Gasteiger partial charge in [-0.25, -0.2) is 0 Å². The Morgan fingerprint density at radius 2 is 1.51 bits per heavy atom. The van der Waals surface area contributed by atoms with E-state index >= 15 is 0 Å². The fraction of sp³-hybridized carbons (Fsp3) is 0.192. The highest BCUT2D eigenvalue weighted by Gasteiger charge is 2.62. The number of amides is 2. The largest absolute Gasteiger partial charge is 0.573 e. The molecule has 0 saturated heterocycles. The average molecular weight is 620 g/mol. The predicted molar refractivity (Wildman–Crippen MR) is 136 cm³/mol. The van der Waals surface area contributed by atoms with Gasteiger partial charge >= 0.3 is 12.5 Å². The van der Waals surface area contributed by atoms with Crippen molar-refractivity contribution in [3.8, 4) is 5.75 Å². The zero-order valence-corrected chi connectivity index (χ0v) is 22.1. The number of nitrogens with one attached hydrogen (secondary N) is 2. The van der Waals surface area contributed by atoms with Crippen LogP contribution in [-0.2, 0) is 10.4 Å². The van der Waals surface area contributed by atoms with Crippen molar-refractivity contribution in [1.82, 2.24) is 10.9 Å². The number of benzene rings is 3. The van der Waals surface area contributed by atoms with E-state index in [4.69, 9.17) is 28.0 Å². The van der Waals surface area contributed by atoms with E-state index in [0.717, 1.165) is 36.4 Å². The van der Waals surface area contributed by atoms with E-state index in [-0.39, 0.29) is 38.0 Å².